The minimum Gasteiger partial charge on any atom is -0.349 e. The van der Waals surface area contributed by atoms with Crippen LogP contribution < -0.4 is 0 Å². The quantitative estimate of drug-likeness (QED) is 0.782. The molecule has 2 nitrogen and oxygen atoms in total. The second-order valence-corrected chi connectivity index (χ2v) is 7.12. The van der Waals surface area contributed by atoms with Crippen LogP contribution >= 0.6 is 0 Å². The van der Waals surface area contributed by atoms with Gasteiger partial charge in [0.25, 0.3) is 0 Å². The van der Waals surface area contributed by atoms with Gasteiger partial charge in [-0.2, -0.15) is 0 Å². The van der Waals surface area contributed by atoms with Crippen LogP contribution in [0.15, 0.2) is 90.3 Å². The highest BCUT2D eigenvalue weighted by Crippen LogP contribution is 2.32. The highest BCUT2D eigenvalue weighted by molar-refractivity contribution is 5.39. The fourth-order valence-electron chi connectivity index (χ4n) is 3.97. The summed E-state index contributed by atoms with van der Waals surface area (Å²) in [6.45, 7) is 7.32. The second kappa shape index (κ2) is 7.28. The molecule has 1 unspecified atom stereocenters. The molecule has 1 saturated heterocycles. The Balaban J connectivity index is 1.61. The lowest BCUT2D eigenvalue weighted by molar-refractivity contribution is 0.133. The van der Waals surface area contributed by atoms with Gasteiger partial charge in [0, 0.05) is 31.5 Å². The summed E-state index contributed by atoms with van der Waals surface area (Å²) in [5.74, 6) is 0. The minimum atomic E-state index is 0.424. The molecule has 1 aromatic carbocycles. The van der Waals surface area contributed by atoms with Gasteiger partial charge in [0.15, 0.2) is 0 Å². The normalized spacial score (nSPS) is 23.3. The van der Waals surface area contributed by atoms with Crippen LogP contribution in [0.5, 0.6) is 0 Å². The number of piperazine rings is 1. The lowest BCUT2D eigenvalue weighted by Crippen LogP contribution is -2.50. The maximum absolute atomic E-state index is 4.16. The molecule has 0 radical (unpaired) electrons. The van der Waals surface area contributed by atoms with Crippen LogP contribution in [0.2, 0.25) is 0 Å². The summed E-state index contributed by atoms with van der Waals surface area (Å²) in [5.41, 5.74) is 5.47. The molecule has 0 amide bonds. The summed E-state index contributed by atoms with van der Waals surface area (Å²) < 4.78 is 0. The van der Waals surface area contributed by atoms with Crippen LogP contribution in [-0.4, -0.2) is 28.9 Å². The van der Waals surface area contributed by atoms with Gasteiger partial charge < -0.3 is 4.90 Å². The van der Waals surface area contributed by atoms with E-state index in [4.69, 9.17) is 0 Å². The third-order valence-corrected chi connectivity index (χ3v) is 5.33. The van der Waals surface area contributed by atoms with E-state index in [0.717, 1.165) is 31.6 Å². The van der Waals surface area contributed by atoms with Gasteiger partial charge in [-0.1, -0.05) is 60.7 Å². The van der Waals surface area contributed by atoms with Crippen molar-refractivity contribution >= 4 is 0 Å². The molecule has 1 aromatic rings. The van der Waals surface area contributed by atoms with E-state index in [1.54, 1.807) is 5.57 Å². The lowest BCUT2D eigenvalue weighted by Gasteiger charge is -2.45. The number of rotatable bonds is 4. The molecule has 0 aromatic heterocycles. The molecular formula is C23H26N2. The molecule has 0 bridgehead atoms. The second-order valence-electron chi connectivity index (χ2n) is 7.12. The topological polar surface area (TPSA) is 6.48 Å². The van der Waals surface area contributed by atoms with Gasteiger partial charge in [0.2, 0.25) is 0 Å². The van der Waals surface area contributed by atoms with Crippen LogP contribution in [0.3, 0.4) is 0 Å². The van der Waals surface area contributed by atoms with Gasteiger partial charge in [0.05, 0.1) is 6.04 Å². The van der Waals surface area contributed by atoms with Crippen LogP contribution in [-0.2, 0) is 6.54 Å². The highest BCUT2D eigenvalue weighted by atomic mass is 15.3. The minimum absolute atomic E-state index is 0.424. The van der Waals surface area contributed by atoms with Crippen molar-refractivity contribution in [2.75, 3.05) is 13.1 Å². The first-order chi connectivity index (χ1) is 12.3. The summed E-state index contributed by atoms with van der Waals surface area (Å²) in [6.07, 6.45) is 16.9. The summed E-state index contributed by atoms with van der Waals surface area (Å²) in [6, 6.07) is 11.3. The molecule has 1 aliphatic carbocycles. The number of benzene rings is 1. The molecule has 128 valence electrons. The van der Waals surface area contributed by atoms with Crippen molar-refractivity contribution in [3.63, 3.8) is 0 Å². The van der Waals surface area contributed by atoms with Crippen molar-refractivity contribution in [2.45, 2.75) is 31.8 Å². The van der Waals surface area contributed by atoms with E-state index in [1.807, 2.05) is 0 Å². The fraction of sp³-hybridized carbons (Fsp3) is 0.304. The Morgan fingerprint density at radius 3 is 2.80 bits per heavy atom. The van der Waals surface area contributed by atoms with Crippen LogP contribution in [0.1, 0.15) is 24.8 Å². The van der Waals surface area contributed by atoms with E-state index in [0.29, 0.717) is 6.04 Å². The first kappa shape index (κ1) is 16.2. The molecule has 1 fully saturated rings. The largest absolute Gasteiger partial charge is 0.349 e. The molecule has 25 heavy (non-hydrogen) atoms. The zero-order valence-corrected chi connectivity index (χ0v) is 14.8. The van der Waals surface area contributed by atoms with Crippen molar-refractivity contribution < 1.29 is 0 Å². The summed E-state index contributed by atoms with van der Waals surface area (Å²) in [4.78, 5) is 5.06. The average molecular weight is 330 g/mol. The molecule has 2 heterocycles. The first-order valence-corrected chi connectivity index (χ1v) is 9.27. The summed E-state index contributed by atoms with van der Waals surface area (Å²) in [5, 5.41) is 0. The Labute approximate surface area is 151 Å². The van der Waals surface area contributed by atoms with Gasteiger partial charge in [-0.15, -0.1) is 0 Å². The van der Waals surface area contributed by atoms with E-state index in [-0.39, 0.29) is 0 Å². The molecule has 4 rings (SSSR count). The molecule has 1 atom stereocenters. The Morgan fingerprint density at radius 2 is 2.00 bits per heavy atom. The average Bonchev–Trinajstić information content (AvgIpc) is 2.65. The zero-order chi connectivity index (χ0) is 17.1. The number of nitrogens with zero attached hydrogens (tertiary/aromatic N) is 2. The van der Waals surface area contributed by atoms with E-state index in [9.17, 15) is 0 Å². The maximum Gasteiger partial charge on any atom is 0.0542 e. The van der Waals surface area contributed by atoms with Gasteiger partial charge in [0.1, 0.15) is 0 Å². The number of hydrogen-bond acceptors (Lipinski definition) is 2. The molecular weight excluding hydrogens is 304 g/mol. The van der Waals surface area contributed by atoms with Gasteiger partial charge >= 0.3 is 0 Å². The predicted octanol–water partition coefficient (Wildman–Crippen LogP) is 4.81. The number of hydrogen-bond donors (Lipinski definition) is 0. The van der Waals surface area contributed by atoms with E-state index >= 15 is 0 Å². The van der Waals surface area contributed by atoms with Crippen molar-refractivity contribution in [3.05, 3.63) is 95.9 Å². The lowest BCUT2D eigenvalue weighted by atomic mass is 9.92. The highest BCUT2D eigenvalue weighted by Gasteiger charge is 2.32. The molecule has 0 N–H and O–H groups in total. The van der Waals surface area contributed by atoms with E-state index in [1.165, 1.54) is 24.1 Å². The Hall–Kier alpha value is -2.32. The fourth-order valence-corrected chi connectivity index (χ4v) is 3.97. The van der Waals surface area contributed by atoms with Gasteiger partial charge in [-0.25, -0.2) is 0 Å². The number of allylic oxidation sites excluding steroid dienone is 6. The van der Waals surface area contributed by atoms with Crippen LogP contribution in [0.25, 0.3) is 0 Å². The van der Waals surface area contributed by atoms with Gasteiger partial charge in [-0.05, 0) is 42.6 Å². The Morgan fingerprint density at radius 1 is 1.12 bits per heavy atom. The SMILES string of the molecule is C=C1C=CN2CCN(Cc3ccccc3)C(CC3=CC=CCC3)C2=C1. The van der Waals surface area contributed by atoms with Crippen LogP contribution in [0.4, 0.5) is 0 Å². The third-order valence-electron chi connectivity index (χ3n) is 5.33. The Bertz CT molecular complexity index is 752. The molecule has 2 aliphatic heterocycles. The molecule has 3 aliphatic rings. The molecule has 0 saturated carbocycles. The molecule has 0 spiro atoms. The maximum atomic E-state index is 4.16. The van der Waals surface area contributed by atoms with Crippen LogP contribution in [0, 0.1) is 0 Å². The Kier molecular flexibility index (Phi) is 4.71. The standard InChI is InChI=1S/C23H26N2/c1-19-12-13-24-14-15-25(18-21-10-6-3-7-11-21)23(22(24)16-19)17-20-8-4-2-5-9-20/h2-4,6-8,10-13,16,23H,1,5,9,14-15,17-18H2. The summed E-state index contributed by atoms with van der Waals surface area (Å²) in [7, 11) is 0. The third kappa shape index (κ3) is 3.69. The monoisotopic (exact) mass is 330 g/mol. The van der Waals surface area contributed by atoms with Crippen molar-refractivity contribution in [1.29, 1.82) is 0 Å². The van der Waals surface area contributed by atoms with E-state index < -0.39 is 0 Å². The summed E-state index contributed by atoms with van der Waals surface area (Å²) >= 11 is 0. The van der Waals surface area contributed by atoms with Crippen molar-refractivity contribution in [3.8, 4) is 0 Å². The van der Waals surface area contributed by atoms with E-state index in [2.05, 4.69) is 83.3 Å². The molecule has 2 heteroatoms. The van der Waals surface area contributed by atoms with Gasteiger partial charge in [-0.3, -0.25) is 4.90 Å². The van der Waals surface area contributed by atoms with Crippen molar-refractivity contribution in [1.82, 2.24) is 9.80 Å². The zero-order valence-electron chi connectivity index (χ0n) is 14.8. The smallest absolute Gasteiger partial charge is 0.0542 e. The predicted molar refractivity (Wildman–Crippen MR) is 105 cm³/mol. The first-order valence-electron chi connectivity index (χ1n) is 9.27. The number of fused-ring (bicyclic) bond motifs is 1. The van der Waals surface area contributed by atoms with Crippen molar-refractivity contribution in [2.24, 2.45) is 0 Å².